The molecule has 1 aliphatic carbocycles. The molecule has 31 heavy (non-hydrogen) atoms. The maximum absolute atomic E-state index is 12.7. The lowest BCUT2D eigenvalue weighted by Crippen LogP contribution is -2.24. The summed E-state index contributed by atoms with van der Waals surface area (Å²) in [5.41, 5.74) is 7.66. The van der Waals surface area contributed by atoms with Crippen LogP contribution in [0.4, 0.5) is 5.00 Å². The number of amides is 2. The Morgan fingerprint density at radius 3 is 2.90 bits per heavy atom. The topological polar surface area (TPSA) is 130 Å². The number of hydrogen-bond acceptors (Lipinski definition) is 9. The van der Waals surface area contributed by atoms with E-state index in [1.807, 2.05) is 0 Å². The molecule has 11 heteroatoms. The van der Waals surface area contributed by atoms with Gasteiger partial charge in [0.1, 0.15) is 5.00 Å². The number of nitrogens with one attached hydrogen (secondary N) is 1. The molecule has 0 spiro atoms. The minimum atomic E-state index is -0.525. The monoisotopic (exact) mass is 458 g/mol. The van der Waals surface area contributed by atoms with Crippen LogP contribution in [0.2, 0.25) is 0 Å². The summed E-state index contributed by atoms with van der Waals surface area (Å²) in [5.74, 6) is 0.818. The highest BCUT2D eigenvalue weighted by molar-refractivity contribution is 8.00. The van der Waals surface area contributed by atoms with Gasteiger partial charge in [-0.1, -0.05) is 11.8 Å². The molecule has 1 atom stereocenters. The van der Waals surface area contributed by atoms with Crippen LogP contribution in [-0.2, 0) is 17.6 Å². The highest BCUT2D eigenvalue weighted by Gasteiger charge is 2.28. The molecule has 5 rings (SSSR count). The number of thiophene rings is 1. The van der Waals surface area contributed by atoms with Gasteiger partial charge in [-0.3, -0.25) is 9.59 Å². The Kier molecular flexibility index (Phi) is 5.06. The van der Waals surface area contributed by atoms with Gasteiger partial charge >= 0.3 is 0 Å². The van der Waals surface area contributed by atoms with E-state index in [1.54, 1.807) is 25.1 Å². The summed E-state index contributed by atoms with van der Waals surface area (Å²) in [6, 6.07) is 5.34. The van der Waals surface area contributed by atoms with Crippen LogP contribution in [0.25, 0.3) is 11.5 Å². The first kappa shape index (κ1) is 19.9. The maximum atomic E-state index is 12.7. The van der Waals surface area contributed by atoms with E-state index >= 15 is 0 Å². The normalized spacial score (nSPS) is 15.0. The summed E-state index contributed by atoms with van der Waals surface area (Å²) >= 11 is 2.56. The van der Waals surface area contributed by atoms with E-state index in [2.05, 4.69) is 15.5 Å². The average Bonchev–Trinajstić information content (AvgIpc) is 3.50. The summed E-state index contributed by atoms with van der Waals surface area (Å²) < 4.78 is 16.4. The molecule has 3 N–H and O–H groups in total. The van der Waals surface area contributed by atoms with Gasteiger partial charge in [0, 0.05) is 10.4 Å². The van der Waals surface area contributed by atoms with Gasteiger partial charge < -0.3 is 24.9 Å². The molecule has 160 valence electrons. The quantitative estimate of drug-likeness (QED) is 0.539. The average molecular weight is 459 g/mol. The molecule has 9 nitrogen and oxygen atoms in total. The molecule has 3 heterocycles. The summed E-state index contributed by atoms with van der Waals surface area (Å²) in [4.78, 5) is 25.8. The number of primary amides is 1. The van der Waals surface area contributed by atoms with Gasteiger partial charge in [0.05, 0.1) is 10.8 Å². The number of thioether (sulfide) groups is 1. The first-order chi connectivity index (χ1) is 15.0. The first-order valence-electron chi connectivity index (χ1n) is 9.65. The van der Waals surface area contributed by atoms with Crippen molar-refractivity contribution in [2.45, 2.75) is 36.7 Å². The standard InChI is InChI=1S/C20H18N4O5S2/c1-9(17(26)22-19-15(16(21)25)11-3-2-4-14(11)31-19)30-20-24-23-18(29-20)10-5-6-12-13(7-10)28-8-27-12/h5-7,9H,2-4,8H2,1H3,(H2,21,25)(H,22,26). The molecule has 2 aromatic heterocycles. The SMILES string of the molecule is CC(Sc1nnc(-c2ccc3c(c2)OCO3)o1)C(=O)Nc1sc2c(c1C(N)=O)CCC2. The minimum Gasteiger partial charge on any atom is -0.454 e. The fourth-order valence-corrected chi connectivity index (χ4v) is 5.56. The Hall–Kier alpha value is -3.05. The smallest absolute Gasteiger partial charge is 0.277 e. The zero-order chi connectivity index (χ0) is 21.5. The van der Waals surface area contributed by atoms with E-state index in [4.69, 9.17) is 19.6 Å². The second-order valence-electron chi connectivity index (χ2n) is 7.12. The van der Waals surface area contributed by atoms with Crippen LogP contribution in [0, 0.1) is 0 Å². The summed E-state index contributed by atoms with van der Waals surface area (Å²) in [6.07, 6.45) is 2.73. The maximum Gasteiger partial charge on any atom is 0.277 e. The molecular formula is C20H18N4O5S2. The fourth-order valence-electron chi connectivity index (χ4n) is 3.57. The van der Waals surface area contributed by atoms with Crippen LogP contribution >= 0.6 is 23.1 Å². The van der Waals surface area contributed by atoms with Crippen molar-refractivity contribution in [1.29, 1.82) is 0 Å². The largest absolute Gasteiger partial charge is 0.454 e. The van der Waals surface area contributed by atoms with Crippen LogP contribution in [0.5, 0.6) is 11.5 Å². The number of nitrogens with zero attached hydrogens (tertiary/aromatic N) is 2. The first-order valence-corrected chi connectivity index (χ1v) is 11.3. The minimum absolute atomic E-state index is 0.182. The van der Waals surface area contributed by atoms with Crippen molar-refractivity contribution < 1.29 is 23.5 Å². The van der Waals surface area contributed by atoms with Crippen molar-refractivity contribution in [2.24, 2.45) is 5.73 Å². The van der Waals surface area contributed by atoms with Gasteiger partial charge in [0.15, 0.2) is 11.5 Å². The van der Waals surface area contributed by atoms with Crippen LogP contribution in [0.1, 0.15) is 34.1 Å². The Morgan fingerprint density at radius 2 is 2.06 bits per heavy atom. The number of aromatic nitrogens is 2. The molecule has 1 aromatic carbocycles. The number of aryl methyl sites for hydroxylation is 1. The molecule has 0 radical (unpaired) electrons. The summed E-state index contributed by atoms with van der Waals surface area (Å²) in [6.45, 7) is 1.91. The number of nitrogens with two attached hydrogens (primary N) is 1. The van der Waals surface area contributed by atoms with Crippen molar-refractivity contribution in [3.8, 4) is 23.0 Å². The van der Waals surface area contributed by atoms with Gasteiger partial charge in [-0.2, -0.15) is 0 Å². The number of ether oxygens (including phenoxy) is 2. The predicted octanol–water partition coefficient (Wildman–Crippen LogP) is 3.23. The summed E-state index contributed by atoms with van der Waals surface area (Å²) in [5, 5.41) is 11.2. The Bertz CT molecular complexity index is 1190. The lowest BCUT2D eigenvalue weighted by atomic mass is 10.1. The second-order valence-corrected chi connectivity index (χ2v) is 9.51. The Balaban J connectivity index is 1.27. The number of rotatable bonds is 6. The van der Waals surface area contributed by atoms with Crippen LogP contribution in [-0.4, -0.2) is 34.1 Å². The van der Waals surface area contributed by atoms with Gasteiger partial charge in [-0.15, -0.1) is 21.5 Å². The predicted molar refractivity (Wildman–Crippen MR) is 115 cm³/mol. The van der Waals surface area contributed by atoms with Gasteiger partial charge in [-0.05, 0) is 49.9 Å². The van der Waals surface area contributed by atoms with Crippen molar-refractivity contribution in [2.75, 3.05) is 12.1 Å². The molecule has 0 fully saturated rings. The molecule has 0 bridgehead atoms. The third-order valence-electron chi connectivity index (χ3n) is 5.08. The molecule has 1 unspecified atom stereocenters. The second kappa shape index (κ2) is 7.89. The van der Waals surface area contributed by atoms with Crippen LogP contribution in [0.3, 0.4) is 0 Å². The van der Waals surface area contributed by atoms with E-state index in [0.29, 0.717) is 33.5 Å². The fraction of sp³-hybridized carbons (Fsp3) is 0.300. The Labute approximate surface area is 185 Å². The van der Waals surface area contributed by atoms with E-state index < -0.39 is 11.2 Å². The number of benzene rings is 1. The number of carbonyl (C=O) groups excluding carboxylic acids is 2. The lowest BCUT2D eigenvalue weighted by Gasteiger charge is -2.10. The third-order valence-corrected chi connectivity index (χ3v) is 7.22. The van der Waals surface area contributed by atoms with Crippen LogP contribution in [0.15, 0.2) is 27.8 Å². The van der Waals surface area contributed by atoms with Crippen LogP contribution < -0.4 is 20.5 Å². The zero-order valence-electron chi connectivity index (χ0n) is 16.5. The summed E-state index contributed by atoms with van der Waals surface area (Å²) in [7, 11) is 0. The number of fused-ring (bicyclic) bond motifs is 2. The van der Waals surface area contributed by atoms with Gasteiger partial charge in [-0.25, -0.2) is 0 Å². The van der Waals surface area contributed by atoms with Crippen molar-refractivity contribution in [1.82, 2.24) is 10.2 Å². The van der Waals surface area contributed by atoms with E-state index in [1.165, 1.54) is 11.3 Å². The molecular weight excluding hydrogens is 440 g/mol. The number of carbonyl (C=O) groups is 2. The molecule has 0 saturated heterocycles. The van der Waals surface area contributed by atoms with E-state index in [-0.39, 0.29) is 17.9 Å². The van der Waals surface area contributed by atoms with Crippen molar-refractivity contribution >= 4 is 39.9 Å². The third kappa shape index (κ3) is 3.74. The molecule has 1 aliphatic heterocycles. The number of hydrogen-bond donors (Lipinski definition) is 2. The van der Waals surface area contributed by atoms with Gasteiger partial charge in [0.25, 0.3) is 11.1 Å². The molecule has 0 saturated carbocycles. The zero-order valence-corrected chi connectivity index (χ0v) is 18.1. The van der Waals surface area contributed by atoms with Crippen molar-refractivity contribution in [3.05, 3.63) is 34.2 Å². The highest BCUT2D eigenvalue weighted by atomic mass is 32.2. The lowest BCUT2D eigenvalue weighted by molar-refractivity contribution is -0.115. The highest BCUT2D eigenvalue weighted by Crippen LogP contribution is 2.39. The van der Waals surface area contributed by atoms with Crippen molar-refractivity contribution in [3.63, 3.8) is 0 Å². The molecule has 3 aromatic rings. The number of anilines is 1. The van der Waals surface area contributed by atoms with Gasteiger partial charge in [0.2, 0.25) is 18.6 Å². The molecule has 2 amide bonds. The van der Waals surface area contributed by atoms with E-state index in [0.717, 1.165) is 41.5 Å². The van der Waals surface area contributed by atoms with E-state index in [9.17, 15) is 9.59 Å². The molecule has 2 aliphatic rings. The Morgan fingerprint density at radius 1 is 1.23 bits per heavy atom.